The zero-order chi connectivity index (χ0) is 25.2. The van der Waals surface area contributed by atoms with Crippen LogP contribution in [0.5, 0.6) is 0 Å². The Morgan fingerprint density at radius 1 is 1.00 bits per heavy atom. The molecule has 37 heavy (non-hydrogen) atoms. The van der Waals surface area contributed by atoms with Crippen molar-refractivity contribution in [2.75, 3.05) is 31.6 Å². The number of carbonyl (C=O) groups is 1. The maximum absolute atomic E-state index is 13.0. The lowest BCUT2D eigenvalue weighted by Gasteiger charge is -2.29. The zero-order valence-electron chi connectivity index (χ0n) is 20.6. The van der Waals surface area contributed by atoms with Crippen LogP contribution in [0.1, 0.15) is 36.0 Å². The van der Waals surface area contributed by atoms with Crippen molar-refractivity contribution in [2.24, 2.45) is 0 Å². The number of hydrogen-bond acceptors (Lipinski definition) is 7. The molecule has 2 aromatic carbocycles. The molecule has 0 radical (unpaired) electrons. The van der Waals surface area contributed by atoms with E-state index < -0.39 is 0 Å². The Balaban J connectivity index is 1.36. The summed E-state index contributed by atoms with van der Waals surface area (Å²) in [6.45, 7) is 2.62. The van der Waals surface area contributed by atoms with Gasteiger partial charge in [-0.3, -0.25) is 4.79 Å². The van der Waals surface area contributed by atoms with E-state index in [-0.39, 0.29) is 18.1 Å². The van der Waals surface area contributed by atoms with Crippen molar-refractivity contribution in [3.05, 3.63) is 66.5 Å². The van der Waals surface area contributed by atoms with Crippen LogP contribution in [0.15, 0.2) is 65.3 Å². The molecule has 0 unspecified atom stereocenters. The number of nitrogens with one attached hydrogen (secondary N) is 1. The highest BCUT2D eigenvalue weighted by molar-refractivity contribution is 6.06. The van der Waals surface area contributed by atoms with Gasteiger partial charge in [-0.05, 0) is 43.4 Å². The molecule has 4 aromatic rings. The summed E-state index contributed by atoms with van der Waals surface area (Å²) in [6, 6.07) is 17.6. The molecule has 190 valence electrons. The second kappa shape index (κ2) is 10.3. The summed E-state index contributed by atoms with van der Waals surface area (Å²) in [5.74, 6) is 1.38. The van der Waals surface area contributed by atoms with E-state index in [9.17, 15) is 9.90 Å². The van der Waals surface area contributed by atoms with Gasteiger partial charge >= 0.3 is 0 Å². The fraction of sp³-hybridized carbons (Fsp3) is 0.345. The highest BCUT2D eigenvalue weighted by atomic mass is 16.5. The Hall–Kier alpha value is -3.75. The molecule has 2 saturated heterocycles. The lowest BCUT2D eigenvalue weighted by molar-refractivity contribution is 0.0546. The van der Waals surface area contributed by atoms with Gasteiger partial charge in [0.15, 0.2) is 0 Å². The highest BCUT2D eigenvalue weighted by Gasteiger charge is 2.25. The normalized spacial score (nSPS) is 18.4. The fourth-order valence-electron chi connectivity index (χ4n) is 5.18. The Bertz CT molecular complexity index is 1370. The predicted molar refractivity (Wildman–Crippen MR) is 141 cm³/mol. The first-order chi connectivity index (χ1) is 18.2. The smallest absolute Gasteiger partial charge is 0.253 e. The van der Waals surface area contributed by atoms with Gasteiger partial charge in [0, 0.05) is 42.9 Å². The van der Waals surface area contributed by atoms with Crippen LogP contribution in [-0.4, -0.2) is 64.3 Å². The van der Waals surface area contributed by atoms with E-state index in [1.165, 1.54) is 6.33 Å². The summed E-state index contributed by atoms with van der Waals surface area (Å²) >= 11 is 0. The molecule has 6 rings (SSSR count). The molecule has 2 aromatic heterocycles. The molecule has 0 saturated carbocycles. The number of anilines is 1. The number of piperidine rings is 1. The molecular formula is C29H30N4O4. The van der Waals surface area contributed by atoms with Crippen LogP contribution < -0.4 is 5.32 Å². The van der Waals surface area contributed by atoms with Crippen molar-refractivity contribution in [2.45, 2.75) is 37.9 Å². The number of benzene rings is 2. The van der Waals surface area contributed by atoms with Crippen molar-refractivity contribution in [3.63, 3.8) is 0 Å². The fourth-order valence-corrected chi connectivity index (χ4v) is 5.18. The van der Waals surface area contributed by atoms with Gasteiger partial charge in [0.05, 0.1) is 17.6 Å². The van der Waals surface area contributed by atoms with Gasteiger partial charge in [0.2, 0.25) is 5.71 Å². The predicted octanol–water partition coefficient (Wildman–Crippen LogP) is 4.74. The van der Waals surface area contributed by atoms with E-state index in [0.717, 1.165) is 41.5 Å². The van der Waals surface area contributed by atoms with Gasteiger partial charge in [0.25, 0.3) is 5.91 Å². The van der Waals surface area contributed by atoms with Crippen molar-refractivity contribution in [1.29, 1.82) is 0 Å². The van der Waals surface area contributed by atoms with Gasteiger partial charge in [0.1, 0.15) is 17.9 Å². The van der Waals surface area contributed by atoms with Gasteiger partial charge in [-0.25, -0.2) is 9.97 Å². The molecule has 8 heteroatoms. The molecule has 0 bridgehead atoms. The number of hydrogen-bond donors (Lipinski definition) is 2. The molecular weight excluding hydrogens is 468 g/mol. The summed E-state index contributed by atoms with van der Waals surface area (Å²) in [6.07, 6.45) is 4.72. The summed E-state index contributed by atoms with van der Waals surface area (Å²) in [4.78, 5) is 23.8. The SMILES string of the molecule is O=C(c1ccc(-c2oc3ncnc(NC[C@@H]4CCCO4)c3c2-c2ccccc2)cc1)N1CCC(O)CC1. The molecule has 2 aliphatic rings. The van der Waals surface area contributed by atoms with E-state index in [1.807, 2.05) is 54.6 Å². The first-order valence-electron chi connectivity index (χ1n) is 12.9. The van der Waals surface area contributed by atoms with E-state index in [4.69, 9.17) is 9.15 Å². The molecule has 8 nitrogen and oxygen atoms in total. The Morgan fingerprint density at radius 2 is 1.78 bits per heavy atom. The number of aromatic nitrogens is 2. The van der Waals surface area contributed by atoms with Crippen LogP contribution in [0.25, 0.3) is 33.6 Å². The third kappa shape index (κ3) is 4.82. The average Bonchev–Trinajstić information content (AvgIpc) is 3.61. The minimum Gasteiger partial charge on any atom is -0.437 e. The molecule has 2 fully saturated rings. The van der Waals surface area contributed by atoms with E-state index >= 15 is 0 Å². The molecule has 1 atom stereocenters. The number of rotatable bonds is 6. The summed E-state index contributed by atoms with van der Waals surface area (Å²) in [5, 5.41) is 14.1. The largest absolute Gasteiger partial charge is 0.437 e. The maximum atomic E-state index is 13.0. The van der Waals surface area contributed by atoms with Gasteiger partial charge in [-0.1, -0.05) is 42.5 Å². The third-order valence-electron chi connectivity index (χ3n) is 7.22. The summed E-state index contributed by atoms with van der Waals surface area (Å²) in [5.41, 5.74) is 3.89. The average molecular weight is 499 g/mol. The topological polar surface area (TPSA) is 101 Å². The Kier molecular flexibility index (Phi) is 6.59. The van der Waals surface area contributed by atoms with Crippen molar-refractivity contribution in [3.8, 4) is 22.5 Å². The van der Waals surface area contributed by atoms with Crippen LogP contribution in [0, 0.1) is 0 Å². The second-order valence-corrected chi connectivity index (χ2v) is 9.69. The van der Waals surface area contributed by atoms with Crippen LogP contribution in [0.2, 0.25) is 0 Å². The van der Waals surface area contributed by atoms with Crippen molar-refractivity contribution in [1.82, 2.24) is 14.9 Å². The molecule has 2 aliphatic heterocycles. The monoisotopic (exact) mass is 498 g/mol. The van der Waals surface area contributed by atoms with Gasteiger partial charge in [-0.15, -0.1) is 0 Å². The number of fused-ring (bicyclic) bond motifs is 1. The van der Waals surface area contributed by atoms with Crippen LogP contribution >= 0.6 is 0 Å². The Labute approximate surface area is 215 Å². The number of likely N-dealkylation sites (tertiary alicyclic amines) is 1. The standard InChI is InChI=1S/C29H30N4O4/c34-22-12-14-33(15-13-22)29(35)21-10-8-20(9-11-21)26-24(19-5-2-1-3-6-19)25-27(31-18-32-28(25)37-26)30-17-23-7-4-16-36-23/h1-3,5-6,8-11,18,22-23,34H,4,7,12-17H2,(H,30,31,32)/t23-/m0/s1. The first kappa shape index (κ1) is 23.6. The van der Waals surface area contributed by atoms with E-state index in [2.05, 4.69) is 15.3 Å². The van der Waals surface area contributed by atoms with Crippen molar-refractivity contribution < 1.29 is 19.1 Å². The zero-order valence-corrected chi connectivity index (χ0v) is 20.6. The van der Waals surface area contributed by atoms with Crippen LogP contribution in [0.3, 0.4) is 0 Å². The molecule has 0 spiro atoms. The van der Waals surface area contributed by atoms with Gasteiger partial charge < -0.3 is 24.5 Å². The quantitative estimate of drug-likeness (QED) is 0.396. The highest BCUT2D eigenvalue weighted by Crippen LogP contribution is 2.42. The van der Waals surface area contributed by atoms with Crippen LogP contribution in [0.4, 0.5) is 5.82 Å². The number of furan rings is 1. The lowest BCUT2D eigenvalue weighted by atomic mass is 9.98. The molecule has 2 N–H and O–H groups in total. The summed E-state index contributed by atoms with van der Waals surface area (Å²) in [7, 11) is 0. The van der Waals surface area contributed by atoms with E-state index in [1.54, 1.807) is 4.90 Å². The third-order valence-corrected chi connectivity index (χ3v) is 7.22. The number of carbonyl (C=O) groups excluding carboxylic acids is 1. The molecule has 4 heterocycles. The number of aliphatic hydroxyl groups is 1. The number of nitrogens with zero attached hydrogens (tertiary/aromatic N) is 3. The molecule has 1 amide bonds. The minimum absolute atomic E-state index is 0.0159. The first-order valence-corrected chi connectivity index (χ1v) is 12.9. The minimum atomic E-state index is -0.316. The number of ether oxygens (including phenoxy) is 1. The second-order valence-electron chi connectivity index (χ2n) is 9.69. The van der Waals surface area contributed by atoms with Crippen molar-refractivity contribution >= 4 is 22.8 Å². The maximum Gasteiger partial charge on any atom is 0.253 e. The number of aliphatic hydroxyl groups excluding tert-OH is 1. The Morgan fingerprint density at radius 3 is 2.51 bits per heavy atom. The van der Waals surface area contributed by atoms with Crippen LogP contribution in [-0.2, 0) is 4.74 Å². The lowest BCUT2D eigenvalue weighted by Crippen LogP contribution is -2.40. The van der Waals surface area contributed by atoms with E-state index in [0.29, 0.717) is 55.3 Å². The number of amides is 1. The van der Waals surface area contributed by atoms with Gasteiger partial charge in [-0.2, -0.15) is 0 Å². The molecule has 0 aliphatic carbocycles. The summed E-state index contributed by atoms with van der Waals surface area (Å²) < 4.78 is 12.1.